The molecule has 2 heterocycles. The topological polar surface area (TPSA) is 94.9 Å². The van der Waals surface area contributed by atoms with E-state index in [1.165, 1.54) is 16.4 Å². The number of aromatic hydroxyl groups is 1. The van der Waals surface area contributed by atoms with Crippen LogP contribution in [0, 0.1) is 13.8 Å². The minimum absolute atomic E-state index is 0.101. The van der Waals surface area contributed by atoms with Crippen LogP contribution in [0.15, 0.2) is 33.9 Å². The van der Waals surface area contributed by atoms with Crippen molar-refractivity contribution < 1.29 is 5.11 Å². The van der Waals surface area contributed by atoms with E-state index in [-0.39, 0.29) is 11.3 Å². The Bertz CT molecular complexity index is 1330. The highest BCUT2D eigenvalue weighted by atomic mass is 16.3. The number of nitrogens with zero attached hydrogens (tertiary/aromatic N) is 5. The highest BCUT2D eigenvalue weighted by Crippen LogP contribution is 2.27. The van der Waals surface area contributed by atoms with E-state index >= 15 is 0 Å². The van der Waals surface area contributed by atoms with Gasteiger partial charge in [0.05, 0.1) is 10.9 Å². The van der Waals surface area contributed by atoms with Crippen molar-refractivity contribution in [3.8, 4) is 11.4 Å². The number of aromatic nitrogens is 5. The van der Waals surface area contributed by atoms with Crippen molar-refractivity contribution in [1.82, 2.24) is 24.1 Å². The number of aryl methyl sites for hydroxylation is 3. The SMILES string of the molecule is Cc1cc(C)c(O)c(-n2nc3cc4c(=O)n(C)c(=O)n(C)c4cc3n2)c1. The summed E-state index contributed by atoms with van der Waals surface area (Å²) in [6.45, 7) is 3.73. The third-order valence-corrected chi connectivity index (χ3v) is 4.61. The maximum absolute atomic E-state index is 12.4. The maximum Gasteiger partial charge on any atom is 0.330 e. The van der Waals surface area contributed by atoms with Gasteiger partial charge in [-0.2, -0.15) is 0 Å². The third-order valence-electron chi connectivity index (χ3n) is 4.61. The minimum atomic E-state index is -0.402. The number of hydrogen-bond acceptors (Lipinski definition) is 5. The molecule has 0 unspecified atom stereocenters. The summed E-state index contributed by atoms with van der Waals surface area (Å²) >= 11 is 0. The third kappa shape index (κ3) is 2.15. The van der Waals surface area contributed by atoms with Gasteiger partial charge in [-0.25, -0.2) is 4.79 Å². The lowest BCUT2D eigenvalue weighted by Crippen LogP contribution is -2.36. The van der Waals surface area contributed by atoms with Crippen molar-refractivity contribution in [3.63, 3.8) is 0 Å². The second-order valence-corrected chi connectivity index (χ2v) is 6.50. The first-order valence-corrected chi connectivity index (χ1v) is 8.05. The number of rotatable bonds is 1. The summed E-state index contributed by atoms with van der Waals surface area (Å²) in [5, 5.41) is 19.6. The molecule has 0 aliphatic carbocycles. The Morgan fingerprint density at radius 2 is 1.58 bits per heavy atom. The molecule has 4 rings (SSSR count). The van der Waals surface area contributed by atoms with E-state index in [1.54, 1.807) is 25.2 Å². The Labute approximate surface area is 147 Å². The fourth-order valence-corrected chi connectivity index (χ4v) is 3.19. The molecule has 0 amide bonds. The molecule has 0 aliphatic heterocycles. The average Bonchev–Trinajstić information content (AvgIpc) is 3.02. The van der Waals surface area contributed by atoms with E-state index in [0.29, 0.717) is 27.6 Å². The van der Waals surface area contributed by atoms with Gasteiger partial charge in [0.25, 0.3) is 5.56 Å². The van der Waals surface area contributed by atoms with Gasteiger partial charge in [0, 0.05) is 14.1 Å². The van der Waals surface area contributed by atoms with Gasteiger partial charge in [-0.05, 0) is 43.2 Å². The molecule has 0 spiro atoms. The molecule has 2 aromatic heterocycles. The largest absolute Gasteiger partial charge is 0.505 e. The van der Waals surface area contributed by atoms with Crippen LogP contribution in [0.1, 0.15) is 11.1 Å². The lowest BCUT2D eigenvalue weighted by molar-refractivity contribution is 0.463. The molecule has 8 nitrogen and oxygen atoms in total. The standard InChI is InChI=1S/C18H17N5O3/c1-9-5-10(2)16(24)15(6-9)23-19-12-7-11-14(8-13(12)20-23)21(3)18(26)22(4)17(11)25/h5-8,24H,1-4H3. The van der Waals surface area contributed by atoms with Gasteiger partial charge in [-0.3, -0.25) is 13.9 Å². The molecule has 132 valence electrons. The zero-order valence-electron chi connectivity index (χ0n) is 14.8. The van der Waals surface area contributed by atoms with Crippen LogP contribution in [0.5, 0.6) is 5.75 Å². The molecule has 2 aromatic carbocycles. The molecule has 0 fully saturated rings. The van der Waals surface area contributed by atoms with Crippen LogP contribution >= 0.6 is 0 Å². The van der Waals surface area contributed by atoms with Gasteiger partial charge < -0.3 is 5.11 Å². The smallest absolute Gasteiger partial charge is 0.330 e. The molecule has 4 aromatic rings. The van der Waals surface area contributed by atoms with E-state index in [4.69, 9.17) is 0 Å². The lowest BCUT2D eigenvalue weighted by atomic mass is 10.1. The van der Waals surface area contributed by atoms with Gasteiger partial charge in [-0.15, -0.1) is 15.0 Å². The fraction of sp³-hybridized carbons (Fsp3) is 0.222. The van der Waals surface area contributed by atoms with Gasteiger partial charge in [0.15, 0.2) is 0 Å². The normalized spacial score (nSPS) is 11.5. The summed E-state index contributed by atoms with van der Waals surface area (Å²) < 4.78 is 2.47. The second kappa shape index (κ2) is 5.29. The molecule has 0 atom stereocenters. The van der Waals surface area contributed by atoms with Crippen molar-refractivity contribution >= 4 is 21.9 Å². The molecule has 8 heteroatoms. The first-order chi connectivity index (χ1) is 12.3. The highest BCUT2D eigenvalue weighted by molar-refractivity contribution is 5.92. The zero-order chi connectivity index (χ0) is 18.7. The van der Waals surface area contributed by atoms with Crippen LogP contribution in [0.3, 0.4) is 0 Å². The Balaban J connectivity index is 2.07. The van der Waals surface area contributed by atoms with E-state index in [2.05, 4.69) is 10.2 Å². The van der Waals surface area contributed by atoms with Crippen LogP contribution in [0.25, 0.3) is 27.6 Å². The molecule has 0 bridgehead atoms. The summed E-state index contributed by atoms with van der Waals surface area (Å²) in [7, 11) is 3.05. The van der Waals surface area contributed by atoms with Crippen LogP contribution in [0.2, 0.25) is 0 Å². The molecular formula is C18H17N5O3. The second-order valence-electron chi connectivity index (χ2n) is 6.50. The first kappa shape index (κ1) is 16.1. The summed E-state index contributed by atoms with van der Waals surface area (Å²) in [6, 6.07) is 6.94. The molecule has 0 radical (unpaired) electrons. The van der Waals surface area contributed by atoms with Gasteiger partial charge in [0.2, 0.25) is 0 Å². The summed E-state index contributed by atoms with van der Waals surface area (Å²) in [6.07, 6.45) is 0. The Kier molecular flexibility index (Phi) is 3.27. The van der Waals surface area contributed by atoms with E-state index in [1.807, 2.05) is 19.9 Å². The van der Waals surface area contributed by atoms with Crippen LogP contribution < -0.4 is 11.2 Å². The first-order valence-electron chi connectivity index (χ1n) is 8.05. The number of fused-ring (bicyclic) bond motifs is 2. The maximum atomic E-state index is 12.4. The van der Waals surface area contributed by atoms with Crippen molar-refractivity contribution in [2.75, 3.05) is 0 Å². The van der Waals surface area contributed by atoms with Crippen LogP contribution in [0.4, 0.5) is 0 Å². The molecule has 26 heavy (non-hydrogen) atoms. The average molecular weight is 351 g/mol. The summed E-state index contributed by atoms with van der Waals surface area (Å²) in [4.78, 5) is 25.9. The van der Waals surface area contributed by atoms with Crippen LogP contribution in [-0.2, 0) is 14.1 Å². The Hall–Kier alpha value is -3.42. The Morgan fingerprint density at radius 1 is 0.923 bits per heavy atom. The predicted molar refractivity (Wildman–Crippen MR) is 98.0 cm³/mol. The molecular weight excluding hydrogens is 334 g/mol. The lowest BCUT2D eigenvalue weighted by Gasteiger charge is -2.07. The van der Waals surface area contributed by atoms with Gasteiger partial charge >= 0.3 is 5.69 Å². The predicted octanol–water partition coefficient (Wildman–Crippen LogP) is 1.29. The summed E-state index contributed by atoms with van der Waals surface area (Å²) in [5.74, 6) is 0.101. The number of hydrogen-bond donors (Lipinski definition) is 1. The monoisotopic (exact) mass is 351 g/mol. The number of phenolic OH excluding ortho intramolecular Hbond substituents is 1. The highest BCUT2D eigenvalue weighted by Gasteiger charge is 2.15. The fourth-order valence-electron chi connectivity index (χ4n) is 3.19. The molecule has 1 N–H and O–H groups in total. The van der Waals surface area contributed by atoms with E-state index < -0.39 is 5.69 Å². The van der Waals surface area contributed by atoms with Crippen molar-refractivity contribution in [3.05, 3.63) is 56.2 Å². The van der Waals surface area contributed by atoms with Gasteiger partial charge in [0.1, 0.15) is 22.5 Å². The minimum Gasteiger partial charge on any atom is -0.505 e. The molecule has 0 saturated heterocycles. The van der Waals surface area contributed by atoms with E-state index in [9.17, 15) is 14.7 Å². The number of benzene rings is 2. The quantitative estimate of drug-likeness (QED) is 0.558. The van der Waals surface area contributed by atoms with Crippen molar-refractivity contribution in [1.29, 1.82) is 0 Å². The van der Waals surface area contributed by atoms with E-state index in [0.717, 1.165) is 15.7 Å². The molecule has 0 aliphatic rings. The molecule has 0 saturated carbocycles. The van der Waals surface area contributed by atoms with Crippen molar-refractivity contribution in [2.45, 2.75) is 13.8 Å². The van der Waals surface area contributed by atoms with Crippen LogP contribution in [-0.4, -0.2) is 29.2 Å². The van der Waals surface area contributed by atoms with Crippen molar-refractivity contribution in [2.24, 2.45) is 14.1 Å². The summed E-state index contributed by atoms with van der Waals surface area (Å²) in [5.41, 5.74) is 2.90. The van der Waals surface area contributed by atoms with Gasteiger partial charge in [-0.1, -0.05) is 6.07 Å². The number of phenols is 1. The Morgan fingerprint density at radius 3 is 2.27 bits per heavy atom. The zero-order valence-corrected chi connectivity index (χ0v) is 14.8.